The molecule has 0 amide bonds. The lowest BCUT2D eigenvalue weighted by atomic mass is 9.69. The number of hydrogen-bond acceptors (Lipinski definition) is 2. The molecule has 0 spiro atoms. The highest BCUT2D eigenvalue weighted by Crippen LogP contribution is 2.40. The highest BCUT2D eigenvalue weighted by atomic mass is 16.4. The molecule has 2 aromatic carbocycles. The number of hydrogen-bond donors (Lipinski definition) is 1. The van der Waals surface area contributed by atoms with E-state index < -0.39 is 5.97 Å². The molecule has 4 rings (SSSR count). The fourth-order valence-electron chi connectivity index (χ4n) is 5.73. The van der Waals surface area contributed by atoms with E-state index in [4.69, 9.17) is 0 Å². The van der Waals surface area contributed by atoms with Gasteiger partial charge in [-0.2, -0.15) is 0 Å². The van der Waals surface area contributed by atoms with E-state index in [1.165, 1.54) is 54.0 Å². The standard InChI is InChI=1S/C28H39NO2/c1-28(2,3)26-10-6-20(7-11-26)16-21-4-8-25-18-22(5-9-24(25)17-21)19-29-14-12-23(13-15-29)27(30)31/h4-5,8-9,17-18,20,23,26H,6-7,10-16,19H2,1-3H3,(H,30,31). The van der Waals surface area contributed by atoms with Gasteiger partial charge >= 0.3 is 5.97 Å². The van der Waals surface area contributed by atoms with Crippen LogP contribution >= 0.6 is 0 Å². The molecule has 0 aromatic heterocycles. The van der Waals surface area contributed by atoms with Gasteiger partial charge in [0.1, 0.15) is 0 Å². The summed E-state index contributed by atoms with van der Waals surface area (Å²) in [5.41, 5.74) is 3.27. The summed E-state index contributed by atoms with van der Waals surface area (Å²) < 4.78 is 0. The van der Waals surface area contributed by atoms with Crippen LogP contribution in [0.25, 0.3) is 10.8 Å². The van der Waals surface area contributed by atoms with E-state index in [9.17, 15) is 9.90 Å². The SMILES string of the molecule is CC(C)(C)C1CCC(Cc2ccc3cc(CN4CCC(C(=O)O)CC4)ccc3c2)CC1. The number of benzene rings is 2. The second-order valence-electron chi connectivity index (χ2n) is 11.2. The maximum absolute atomic E-state index is 11.2. The molecule has 0 unspecified atom stereocenters. The predicted octanol–water partition coefficient (Wildman–Crippen LogP) is 6.53. The molecule has 3 nitrogen and oxygen atoms in total. The van der Waals surface area contributed by atoms with Gasteiger partial charge in [0.25, 0.3) is 0 Å². The molecule has 2 aliphatic rings. The van der Waals surface area contributed by atoms with Gasteiger partial charge in [-0.25, -0.2) is 0 Å². The molecule has 1 saturated carbocycles. The quantitative estimate of drug-likeness (QED) is 0.596. The Hall–Kier alpha value is -1.87. The van der Waals surface area contributed by atoms with Crippen molar-refractivity contribution < 1.29 is 9.90 Å². The fraction of sp³-hybridized carbons (Fsp3) is 0.607. The van der Waals surface area contributed by atoms with Gasteiger partial charge in [0, 0.05) is 6.54 Å². The normalized spacial score (nSPS) is 23.8. The number of aliphatic carboxylic acids is 1. The van der Waals surface area contributed by atoms with Crippen molar-refractivity contribution in [3.63, 3.8) is 0 Å². The summed E-state index contributed by atoms with van der Waals surface area (Å²) in [5, 5.41) is 11.8. The van der Waals surface area contributed by atoms with Crippen molar-refractivity contribution in [3.05, 3.63) is 47.5 Å². The minimum absolute atomic E-state index is 0.158. The van der Waals surface area contributed by atoms with Crippen LogP contribution < -0.4 is 0 Å². The maximum Gasteiger partial charge on any atom is 0.306 e. The average Bonchev–Trinajstić information content (AvgIpc) is 2.74. The first-order chi connectivity index (χ1) is 14.8. The third-order valence-electron chi connectivity index (χ3n) is 7.91. The van der Waals surface area contributed by atoms with Crippen LogP contribution in [0.4, 0.5) is 0 Å². The van der Waals surface area contributed by atoms with Crippen molar-refractivity contribution in [3.8, 4) is 0 Å². The number of carboxylic acid groups (broad SMARTS) is 1. The topological polar surface area (TPSA) is 40.5 Å². The Morgan fingerprint density at radius 3 is 2.06 bits per heavy atom. The first-order valence-electron chi connectivity index (χ1n) is 12.2. The Balaban J connectivity index is 1.34. The largest absolute Gasteiger partial charge is 0.481 e. The Labute approximate surface area is 187 Å². The third kappa shape index (κ3) is 5.68. The van der Waals surface area contributed by atoms with Gasteiger partial charge < -0.3 is 5.11 Å². The predicted molar refractivity (Wildman–Crippen MR) is 128 cm³/mol. The van der Waals surface area contributed by atoms with Crippen LogP contribution in [0.1, 0.15) is 70.4 Å². The van der Waals surface area contributed by atoms with E-state index in [1.54, 1.807) is 0 Å². The van der Waals surface area contributed by atoms with Crippen LogP contribution in [0.15, 0.2) is 36.4 Å². The molecule has 1 N–H and O–H groups in total. The van der Waals surface area contributed by atoms with Crippen molar-refractivity contribution in [2.45, 2.75) is 72.3 Å². The highest BCUT2D eigenvalue weighted by Gasteiger charge is 2.29. The highest BCUT2D eigenvalue weighted by molar-refractivity contribution is 5.83. The Morgan fingerprint density at radius 2 is 1.48 bits per heavy atom. The minimum atomic E-state index is -0.636. The van der Waals surface area contributed by atoms with Crippen molar-refractivity contribution in [2.24, 2.45) is 23.2 Å². The van der Waals surface area contributed by atoms with Gasteiger partial charge in [0.15, 0.2) is 0 Å². The van der Waals surface area contributed by atoms with Crippen LogP contribution in [0.3, 0.4) is 0 Å². The lowest BCUT2D eigenvalue weighted by Crippen LogP contribution is -2.35. The summed E-state index contributed by atoms with van der Waals surface area (Å²) >= 11 is 0. The molecule has 2 aromatic rings. The first-order valence-corrected chi connectivity index (χ1v) is 12.2. The van der Waals surface area contributed by atoms with Crippen molar-refractivity contribution in [1.82, 2.24) is 4.90 Å². The molecular weight excluding hydrogens is 382 g/mol. The fourth-order valence-corrected chi connectivity index (χ4v) is 5.73. The molecule has 1 saturated heterocycles. The Kier molecular flexibility index (Phi) is 6.71. The van der Waals surface area contributed by atoms with E-state index in [0.717, 1.165) is 44.3 Å². The number of fused-ring (bicyclic) bond motifs is 1. The number of rotatable bonds is 5. The van der Waals surface area contributed by atoms with Crippen molar-refractivity contribution in [2.75, 3.05) is 13.1 Å². The van der Waals surface area contributed by atoms with Crippen LogP contribution in [-0.4, -0.2) is 29.1 Å². The van der Waals surface area contributed by atoms with Crippen LogP contribution in [0.5, 0.6) is 0 Å². The second kappa shape index (κ2) is 9.32. The molecule has 2 fully saturated rings. The Morgan fingerprint density at radius 1 is 0.903 bits per heavy atom. The molecule has 0 atom stereocenters. The lowest BCUT2D eigenvalue weighted by molar-refractivity contribution is -0.143. The molecular formula is C28H39NO2. The van der Waals surface area contributed by atoms with Gasteiger partial charge in [0.2, 0.25) is 0 Å². The van der Waals surface area contributed by atoms with Crippen molar-refractivity contribution >= 4 is 16.7 Å². The van der Waals surface area contributed by atoms with Gasteiger partial charge in [-0.3, -0.25) is 9.69 Å². The van der Waals surface area contributed by atoms with Crippen LogP contribution in [0, 0.1) is 23.2 Å². The van der Waals surface area contributed by atoms with Gasteiger partial charge in [-0.05, 0) is 103 Å². The summed E-state index contributed by atoms with van der Waals surface area (Å²) in [7, 11) is 0. The van der Waals surface area contributed by atoms with E-state index >= 15 is 0 Å². The molecule has 31 heavy (non-hydrogen) atoms. The lowest BCUT2D eigenvalue weighted by Gasteiger charge is -2.37. The molecule has 168 valence electrons. The monoisotopic (exact) mass is 421 g/mol. The molecule has 0 bridgehead atoms. The van der Waals surface area contributed by atoms with E-state index in [0.29, 0.717) is 5.41 Å². The summed E-state index contributed by atoms with van der Waals surface area (Å²) in [6.07, 6.45) is 8.26. The molecule has 0 radical (unpaired) electrons. The molecule has 1 aliphatic heterocycles. The summed E-state index contributed by atoms with van der Waals surface area (Å²) in [4.78, 5) is 13.5. The second-order valence-corrected chi connectivity index (χ2v) is 11.2. The zero-order valence-electron chi connectivity index (χ0n) is 19.6. The third-order valence-corrected chi connectivity index (χ3v) is 7.91. The van der Waals surface area contributed by atoms with Crippen molar-refractivity contribution in [1.29, 1.82) is 0 Å². The number of piperidine rings is 1. The first kappa shape index (κ1) is 22.3. The average molecular weight is 422 g/mol. The smallest absolute Gasteiger partial charge is 0.306 e. The number of carboxylic acids is 1. The van der Waals surface area contributed by atoms with E-state index in [2.05, 4.69) is 62.1 Å². The summed E-state index contributed by atoms with van der Waals surface area (Å²) in [5.74, 6) is 0.927. The van der Waals surface area contributed by atoms with Crippen LogP contribution in [0.2, 0.25) is 0 Å². The number of nitrogens with zero attached hydrogens (tertiary/aromatic N) is 1. The van der Waals surface area contributed by atoms with E-state index in [-0.39, 0.29) is 5.92 Å². The number of likely N-dealkylation sites (tertiary alicyclic amines) is 1. The zero-order chi connectivity index (χ0) is 22.0. The zero-order valence-corrected chi connectivity index (χ0v) is 19.6. The molecule has 1 aliphatic carbocycles. The van der Waals surface area contributed by atoms with Gasteiger partial charge in [0.05, 0.1) is 5.92 Å². The maximum atomic E-state index is 11.2. The summed E-state index contributed by atoms with van der Waals surface area (Å²) in [6, 6.07) is 13.9. The van der Waals surface area contributed by atoms with Gasteiger partial charge in [-0.15, -0.1) is 0 Å². The summed E-state index contributed by atoms with van der Waals surface area (Å²) in [6.45, 7) is 9.87. The van der Waals surface area contributed by atoms with Crippen LogP contribution in [-0.2, 0) is 17.8 Å². The molecule has 3 heteroatoms. The number of carbonyl (C=O) groups is 1. The van der Waals surface area contributed by atoms with Gasteiger partial charge in [-0.1, -0.05) is 51.1 Å². The molecule has 1 heterocycles. The van der Waals surface area contributed by atoms with E-state index in [1.807, 2.05) is 0 Å². The minimum Gasteiger partial charge on any atom is -0.481 e. The Bertz CT molecular complexity index is 897.